The number of allylic oxidation sites excluding steroid dienone is 1. The Hall–Kier alpha value is -0.300. The van der Waals surface area contributed by atoms with Crippen molar-refractivity contribution in [2.24, 2.45) is 0 Å². The van der Waals surface area contributed by atoms with Crippen LogP contribution in [0.25, 0.3) is 0 Å². The molecule has 0 aliphatic rings. The molecule has 0 aromatic heterocycles. The number of rotatable bonds is 2. The van der Waals surface area contributed by atoms with Gasteiger partial charge in [-0.1, -0.05) is 12.2 Å². The molecule has 0 heterocycles. The van der Waals surface area contributed by atoms with Gasteiger partial charge in [-0.15, -0.1) is 0 Å². The minimum Gasteiger partial charge on any atom is -0.258 e. The van der Waals surface area contributed by atoms with Crippen LogP contribution >= 0.6 is 0 Å². The zero-order valence-corrected chi connectivity index (χ0v) is 4.07. The topological polar surface area (TPSA) is 23.8 Å². The van der Waals surface area contributed by atoms with Gasteiger partial charge < -0.3 is 0 Å². The molecular weight excluding hydrogens is 74.1 g/mol. The van der Waals surface area contributed by atoms with E-state index in [1.165, 1.54) is 0 Å². The second-order valence-corrected chi connectivity index (χ2v) is 1.11. The SMILES string of the molecule is CC=CCC[NH]. The predicted octanol–water partition coefficient (Wildman–Crippen LogP) is 1.24. The lowest BCUT2D eigenvalue weighted by atomic mass is 10.4. The highest BCUT2D eigenvalue weighted by molar-refractivity contribution is 4.76. The quantitative estimate of drug-likeness (QED) is 0.449. The van der Waals surface area contributed by atoms with Crippen LogP contribution in [-0.4, -0.2) is 6.54 Å². The molecule has 0 saturated heterocycles. The molecule has 1 nitrogen and oxygen atoms in total. The summed E-state index contributed by atoms with van der Waals surface area (Å²) in [7, 11) is 0. The van der Waals surface area contributed by atoms with Gasteiger partial charge in [0.05, 0.1) is 0 Å². The predicted molar refractivity (Wildman–Crippen MR) is 27.4 cm³/mol. The van der Waals surface area contributed by atoms with Gasteiger partial charge in [-0.3, -0.25) is 5.73 Å². The van der Waals surface area contributed by atoms with Gasteiger partial charge in [0.2, 0.25) is 0 Å². The van der Waals surface area contributed by atoms with E-state index in [0.717, 1.165) is 6.42 Å². The molecule has 0 unspecified atom stereocenters. The first-order valence-electron chi connectivity index (χ1n) is 2.17. The molecule has 1 N–H and O–H groups in total. The van der Waals surface area contributed by atoms with Crippen LogP contribution in [0.3, 0.4) is 0 Å². The fourth-order valence-corrected chi connectivity index (χ4v) is 0.250. The number of nitrogens with one attached hydrogen (secondary N) is 1. The Kier molecular flexibility index (Phi) is 4.46. The summed E-state index contributed by atoms with van der Waals surface area (Å²) in [5.41, 5.74) is 6.65. The lowest BCUT2D eigenvalue weighted by Gasteiger charge is -1.76. The zero-order chi connectivity index (χ0) is 4.83. The molecule has 1 radical (unpaired) electrons. The van der Waals surface area contributed by atoms with Crippen molar-refractivity contribution >= 4 is 0 Å². The molecule has 0 fully saturated rings. The average Bonchev–Trinajstić information content (AvgIpc) is 1.61. The van der Waals surface area contributed by atoms with Crippen LogP contribution in [0.15, 0.2) is 12.2 Å². The summed E-state index contributed by atoms with van der Waals surface area (Å²) in [4.78, 5) is 0. The van der Waals surface area contributed by atoms with Crippen molar-refractivity contribution in [2.75, 3.05) is 6.54 Å². The maximum atomic E-state index is 6.65. The number of hydrogen-bond acceptors (Lipinski definition) is 0. The summed E-state index contributed by atoms with van der Waals surface area (Å²) in [6, 6.07) is 0. The maximum Gasteiger partial charge on any atom is 0.0134 e. The highest BCUT2D eigenvalue weighted by atomic mass is 14.5. The molecule has 0 aromatic rings. The fourth-order valence-electron chi connectivity index (χ4n) is 0.250. The van der Waals surface area contributed by atoms with Gasteiger partial charge in [-0.05, 0) is 13.3 Å². The van der Waals surface area contributed by atoms with Gasteiger partial charge in [0.1, 0.15) is 0 Å². The third-order valence-electron chi connectivity index (χ3n) is 0.547. The van der Waals surface area contributed by atoms with Crippen molar-refractivity contribution in [3.8, 4) is 0 Å². The third kappa shape index (κ3) is 3.70. The fraction of sp³-hybridized carbons (Fsp3) is 0.600. The van der Waals surface area contributed by atoms with E-state index in [9.17, 15) is 0 Å². The molecule has 0 aliphatic heterocycles. The van der Waals surface area contributed by atoms with E-state index in [1.807, 2.05) is 19.1 Å². The van der Waals surface area contributed by atoms with Gasteiger partial charge >= 0.3 is 0 Å². The molecule has 0 bridgehead atoms. The Labute approximate surface area is 38.8 Å². The summed E-state index contributed by atoms with van der Waals surface area (Å²) < 4.78 is 0. The standard InChI is InChI=1S/C5H10N/c1-2-3-4-5-6/h2-3,6H,4-5H2,1H3. The van der Waals surface area contributed by atoms with Crippen molar-refractivity contribution in [2.45, 2.75) is 13.3 Å². The van der Waals surface area contributed by atoms with E-state index in [-0.39, 0.29) is 0 Å². The van der Waals surface area contributed by atoms with Crippen molar-refractivity contribution < 1.29 is 0 Å². The highest BCUT2D eigenvalue weighted by Gasteiger charge is 1.65. The molecule has 0 saturated carbocycles. The normalized spacial score (nSPS) is 10.3. The van der Waals surface area contributed by atoms with Crippen LogP contribution < -0.4 is 5.73 Å². The summed E-state index contributed by atoms with van der Waals surface area (Å²) in [5, 5.41) is 0. The minimum absolute atomic E-state index is 0.518. The smallest absolute Gasteiger partial charge is 0.0134 e. The summed E-state index contributed by atoms with van der Waals surface area (Å²) in [6.07, 6.45) is 4.86. The molecule has 0 aromatic carbocycles. The highest BCUT2D eigenvalue weighted by Crippen LogP contribution is 1.75. The van der Waals surface area contributed by atoms with Crippen LogP contribution in [0.5, 0.6) is 0 Å². The summed E-state index contributed by atoms with van der Waals surface area (Å²) in [5.74, 6) is 0. The Bertz CT molecular complexity index is 39.2. The third-order valence-corrected chi connectivity index (χ3v) is 0.547. The first-order valence-corrected chi connectivity index (χ1v) is 2.17. The summed E-state index contributed by atoms with van der Waals surface area (Å²) in [6.45, 7) is 2.49. The minimum atomic E-state index is 0.518. The largest absolute Gasteiger partial charge is 0.258 e. The lowest BCUT2D eigenvalue weighted by Crippen LogP contribution is -1.77. The molecule has 6 heavy (non-hydrogen) atoms. The molecule has 0 spiro atoms. The monoisotopic (exact) mass is 84.1 g/mol. The molecule has 0 amide bonds. The van der Waals surface area contributed by atoms with E-state index in [2.05, 4.69) is 0 Å². The lowest BCUT2D eigenvalue weighted by molar-refractivity contribution is 0.974. The molecule has 0 aliphatic carbocycles. The first kappa shape index (κ1) is 5.70. The Morgan fingerprint density at radius 3 is 2.50 bits per heavy atom. The van der Waals surface area contributed by atoms with Gasteiger partial charge in [0.15, 0.2) is 0 Å². The van der Waals surface area contributed by atoms with Crippen LogP contribution in [-0.2, 0) is 0 Å². The number of hydrogen-bond donors (Lipinski definition) is 0. The average molecular weight is 84.1 g/mol. The van der Waals surface area contributed by atoms with E-state index < -0.39 is 0 Å². The Morgan fingerprint density at radius 1 is 1.67 bits per heavy atom. The molecule has 35 valence electrons. The van der Waals surface area contributed by atoms with Crippen molar-refractivity contribution in [3.05, 3.63) is 12.2 Å². The van der Waals surface area contributed by atoms with Crippen molar-refractivity contribution in [1.82, 2.24) is 5.73 Å². The van der Waals surface area contributed by atoms with Crippen LogP contribution in [0.1, 0.15) is 13.3 Å². The van der Waals surface area contributed by atoms with E-state index in [4.69, 9.17) is 5.73 Å². The van der Waals surface area contributed by atoms with E-state index in [1.54, 1.807) is 0 Å². The van der Waals surface area contributed by atoms with Crippen LogP contribution in [0.4, 0.5) is 0 Å². The Balaban J connectivity index is 2.66. The second-order valence-electron chi connectivity index (χ2n) is 1.11. The van der Waals surface area contributed by atoms with Gasteiger partial charge in [0, 0.05) is 6.54 Å². The molecule has 0 rings (SSSR count). The molecule has 0 atom stereocenters. The Morgan fingerprint density at radius 2 is 2.33 bits per heavy atom. The van der Waals surface area contributed by atoms with Crippen LogP contribution in [0, 0.1) is 0 Å². The first-order chi connectivity index (χ1) is 2.91. The van der Waals surface area contributed by atoms with Gasteiger partial charge in [-0.25, -0.2) is 0 Å². The summed E-state index contributed by atoms with van der Waals surface area (Å²) >= 11 is 0. The zero-order valence-electron chi connectivity index (χ0n) is 4.07. The molecule has 1 heteroatoms. The van der Waals surface area contributed by atoms with E-state index in [0.29, 0.717) is 6.54 Å². The van der Waals surface area contributed by atoms with Crippen LogP contribution in [0.2, 0.25) is 0 Å². The maximum absolute atomic E-state index is 6.65. The van der Waals surface area contributed by atoms with Crippen molar-refractivity contribution in [3.63, 3.8) is 0 Å². The van der Waals surface area contributed by atoms with Gasteiger partial charge in [0.25, 0.3) is 0 Å². The van der Waals surface area contributed by atoms with E-state index >= 15 is 0 Å². The second kappa shape index (κ2) is 4.70. The van der Waals surface area contributed by atoms with Crippen molar-refractivity contribution in [1.29, 1.82) is 0 Å². The molecular formula is C5H10N. The van der Waals surface area contributed by atoms with Gasteiger partial charge in [-0.2, -0.15) is 0 Å².